The molecule has 0 aromatic heterocycles. The average Bonchev–Trinajstić information content (AvgIpc) is 3.13. The fourth-order valence-electron chi connectivity index (χ4n) is 10.0. The van der Waals surface area contributed by atoms with Gasteiger partial charge in [0.05, 0.1) is 38.0 Å². The Morgan fingerprint density at radius 2 is 0.688 bits per heavy atom. The highest BCUT2D eigenvalue weighted by Gasteiger charge is 2.69. The molecule has 0 heterocycles. The van der Waals surface area contributed by atoms with Gasteiger partial charge in [0, 0.05) is 5.56 Å². The lowest BCUT2D eigenvalue weighted by Gasteiger charge is -2.71. The van der Waals surface area contributed by atoms with E-state index in [0.29, 0.717) is 16.7 Å². The van der Waals surface area contributed by atoms with E-state index >= 15 is 0 Å². The SMILES string of the molecule is C#Cc1ccc(C23CC4(c5ccc(C(=O)OC)cc5)CC(c5ccc(C(=O)OC)cc5)(C2)CC(c2ccc(C(=O)OC)cc2)(C3)C4)cc1. The van der Waals surface area contributed by atoms with Gasteiger partial charge < -0.3 is 14.2 Å². The number of hydrogen-bond donors (Lipinski definition) is 0. The summed E-state index contributed by atoms with van der Waals surface area (Å²) in [6.07, 6.45) is 11.4. The smallest absolute Gasteiger partial charge is 0.337 e. The van der Waals surface area contributed by atoms with E-state index in [0.717, 1.165) is 44.1 Å². The summed E-state index contributed by atoms with van der Waals surface area (Å²) >= 11 is 0. The van der Waals surface area contributed by atoms with Crippen LogP contribution in [0, 0.1) is 12.3 Å². The van der Waals surface area contributed by atoms with Gasteiger partial charge in [0.25, 0.3) is 0 Å². The minimum atomic E-state index is -0.360. The lowest BCUT2D eigenvalue weighted by Crippen LogP contribution is -2.67. The number of benzene rings is 4. The molecule has 4 saturated carbocycles. The molecule has 4 aromatic carbocycles. The minimum Gasteiger partial charge on any atom is -0.465 e. The number of carbonyl (C=O) groups excluding carboxylic acids is 3. The predicted octanol–water partition coefficient (Wildman–Crippen LogP) is 7.46. The van der Waals surface area contributed by atoms with Crippen molar-refractivity contribution < 1.29 is 28.6 Å². The third-order valence-corrected chi connectivity index (χ3v) is 11.5. The van der Waals surface area contributed by atoms with Crippen LogP contribution in [0.25, 0.3) is 0 Å². The van der Waals surface area contributed by atoms with Crippen molar-refractivity contribution in [2.45, 2.75) is 60.2 Å². The van der Waals surface area contributed by atoms with Gasteiger partial charge in [-0.25, -0.2) is 14.4 Å². The molecule has 0 spiro atoms. The highest BCUT2D eigenvalue weighted by molar-refractivity contribution is 5.90. The van der Waals surface area contributed by atoms with E-state index in [1.165, 1.54) is 43.6 Å². The molecule has 0 amide bonds. The van der Waals surface area contributed by atoms with Gasteiger partial charge in [-0.05, 0) is 131 Å². The Balaban J connectivity index is 1.46. The third kappa shape index (κ3) is 4.92. The van der Waals surface area contributed by atoms with Gasteiger partial charge in [-0.3, -0.25) is 0 Å². The average molecular weight is 639 g/mol. The van der Waals surface area contributed by atoms with E-state index in [4.69, 9.17) is 20.6 Å². The number of terminal acetylenes is 1. The molecule has 6 heteroatoms. The molecule has 0 unspecified atom stereocenters. The van der Waals surface area contributed by atoms with Gasteiger partial charge >= 0.3 is 17.9 Å². The molecule has 4 fully saturated rings. The van der Waals surface area contributed by atoms with Gasteiger partial charge in [-0.2, -0.15) is 0 Å². The summed E-state index contributed by atoms with van der Waals surface area (Å²) in [5.41, 5.74) is 6.35. The van der Waals surface area contributed by atoms with Crippen LogP contribution in [-0.2, 0) is 35.9 Å². The maximum absolute atomic E-state index is 12.4. The second-order valence-electron chi connectivity index (χ2n) is 14.1. The Morgan fingerprint density at radius 1 is 0.458 bits per heavy atom. The first-order chi connectivity index (χ1) is 23.1. The third-order valence-electron chi connectivity index (χ3n) is 11.5. The van der Waals surface area contributed by atoms with Crippen molar-refractivity contribution in [2.75, 3.05) is 21.3 Å². The van der Waals surface area contributed by atoms with Gasteiger partial charge in [0.15, 0.2) is 0 Å². The van der Waals surface area contributed by atoms with Crippen molar-refractivity contribution in [1.82, 2.24) is 0 Å². The summed E-state index contributed by atoms with van der Waals surface area (Å²) < 4.78 is 15.0. The van der Waals surface area contributed by atoms with E-state index in [-0.39, 0.29) is 39.6 Å². The van der Waals surface area contributed by atoms with Crippen molar-refractivity contribution >= 4 is 17.9 Å². The van der Waals surface area contributed by atoms with Gasteiger partial charge in [0.2, 0.25) is 0 Å². The lowest BCUT2D eigenvalue weighted by molar-refractivity contribution is -0.0692. The fourth-order valence-corrected chi connectivity index (χ4v) is 10.0. The highest BCUT2D eigenvalue weighted by atomic mass is 16.5. The van der Waals surface area contributed by atoms with E-state index in [9.17, 15) is 14.4 Å². The number of carbonyl (C=O) groups is 3. The summed E-state index contributed by atoms with van der Waals surface area (Å²) in [6.45, 7) is 0. The Bertz CT molecular complexity index is 1740. The molecular weight excluding hydrogens is 600 g/mol. The maximum atomic E-state index is 12.4. The molecule has 0 radical (unpaired) electrons. The summed E-state index contributed by atoms with van der Waals surface area (Å²) in [4.78, 5) is 37.3. The molecule has 4 aliphatic rings. The zero-order chi connectivity index (χ0) is 33.7. The molecular formula is C42H38O6. The van der Waals surface area contributed by atoms with Crippen molar-refractivity contribution in [3.05, 3.63) is 142 Å². The van der Waals surface area contributed by atoms with Crippen molar-refractivity contribution in [1.29, 1.82) is 0 Å². The van der Waals surface area contributed by atoms with Gasteiger partial charge in [-0.15, -0.1) is 6.42 Å². The van der Waals surface area contributed by atoms with Crippen LogP contribution < -0.4 is 0 Å². The number of ether oxygens (including phenoxy) is 3. The van der Waals surface area contributed by atoms with Crippen LogP contribution in [0.15, 0.2) is 97.1 Å². The Morgan fingerprint density at radius 3 is 0.896 bits per heavy atom. The summed E-state index contributed by atoms with van der Waals surface area (Å²) in [6, 6.07) is 32.4. The Hall–Kier alpha value is -5.15. The highest BCUT2D eigenvalue weighted by Crippen LogP contribution is 2.74. The van der Waals surface area contributed by atoms with E-state index in [1.54, 1.807) is 0 Å². The maximum Gasteiger partial charge on any atom is 0.337 e. The van der Waals surface area contributed by atoms with E-state index < -0.39 is 0 Å². The molecule has 6 nitrogen and oxygen atoms in total. The standard InChI is InChI=1S/C42H38O6/c1-5-28-6-14-32(15-7-28)39-22-40(33-16-8-29(9-17-33)36(43)46-2)25-41(23-39,34-18-10-30(11-19-34)37(44)47-3)27-42(24-39,26-40)35-20-12-31(13-21-35)38(45)48-4/h1,6-21H,22-27H2,2-4H3. The van der Waals surface area contributed by atoms with Gasteiger partial charge in [0.1, 0.15) is 0 Å². The topological polar surface area (TPSA) is 78.9 Å². The zero-order valence-corrected chi connectivity index (χ0v) is 27.5. The van der Waals surface area contributed by atoms with Crippen molar-refractivity contribution in [2.24, 2.45) is 0 Å². The molecule has 4 bridgehead atoms. The molecule has 0 aliphatic heterocycles. The molecule has 48 heavy (non-hydrogen) atoms. The van der Waals surface area contributed by atoms with Crippen LogP contribution in [0.2, 0.25) is 0 Å². The molecule has 4 aliphatic carbocycles. The van der Waals surface area contributed by atoms with Crippen LogP contribution in [0.1, 0.15) is 97.4 Å². The largest absolute Gasteiger partial charge is 0.465 e. The molecule has 242 valence electrons. The molecule has 4 aromatic rings. The van der Waals surface area contributed by atoms with E-state index in [2.05, 4.69) is 54.5 Å². The van der Waals surface area contributed by atoms with Crippen molar-refractivity contribution in [3.8, 4) is 12.3 Å². The monoisotopic (exact) mass is 638 g/mol. The predicted molar refractivity (Wildman–Crippen MR) is 182 cm³/mol. The summed E-state index contributed by atoms with van der Waals surface area (Å²) in [5, 5.41) is 0. The number of hydrogen-bond acceptors (Lipinski definition) is 6. The van der Waals surface area contributed by atoms with Crippen molar-refractivity contribution in [3.63, 3.8) is 0 Å². The van der Waals surface area contributed by atoms with E-state index in [1.807, 2.05) is 48.5 Å². The molecule has 0 saturated heterocycles. The van der Waals surface area contributed by atoms with Crippen LogP contribution in [0.3, 0.4) is 0 Å². The Labute approximate surface area is 281 Å². The van der Waals surface area contributed by atoms with Crippen LogP contribution in [0.5, 0.6) is 0 Å². The second-order valence-corrected chi connectivity index (χ2v) is 14.1. The van der Waals surface area contributed by atoms with Crippen LogP contribution >= 0.6 is 0 Å². The lowest BCUT2D eigenvalue weighted by atomic mass is 9.32. The first-order valence-corrected chi connectivity index (χ1v) is 16.3. The Kier molecular flexibility index (Phi) is 7.55. The number of methoxy groups -OCH3 is 3. The first kappa shape index (κ1) is 31.4. The van der Waals surface area contributed by atoms with Crippen LogP contribution in [0.4, 0.5) is 0 Å². The number of esters is 3. The normalized spacial score (nSPS) is 26.7. The summed E-state index contributed by atoms with van der Waals surface area (Å²) in [5.74, 6) is 1.69. The number of rotatable bonds is 7. The molecule has 0 N–H and O–H groups in total. The molecule has 0 atom stereocenters. The summed E-state index contributed by atoms with van der Waals surface area (Å²) in [7, 11) is 4.19. The van der Waals surface area contributed by atoms with Crippen LogP contribution in [-0.4, -0.2) is 39.2 Å². The van der Waals surface area contributed by atoms with Gasteiger partial charge in [-0.1, -0.05) is 54.5 Å². The second kappa shape index (κ2) is 11.5. The first-order valence-electron chi connectivity index (χ1n) is 16.3. The zero-order valence-electron chi connectivity index (χ0n) is 27.5. The quantitative estimate of drug-likeness (QED) is 0.119. The minimum absolute atomic E-state index is 0.203. The molecule has 8 rings (SSSR count). The fraction of sp³-hybridized carbons (Fsp3) is 0.310.